The van der Waals surface area contributed by atoms with Gasteiger partial charge in [-0.15, -0.1) is 0 Å². The van der Waals surface area contributed by atoms with E-state index in [1.165, 1.54) is 5.56 Å². The van der Waals surface area contributed by atoms with Crippen molar-refractivity contribution in [1.82, 2.24) is 15.3 Å². The second kappa shape index (κ2) is 10.2. The summed E-state index contributed by atoms with van der Waals surface area (Å²) in [6, 6.07) is 24.9. The summed E-state index contributed by atoms with van der Waals surface area (Å²) in [5, 5.41) is 2.96. The van der Waals surface area contributed by atoms with Crippen LogP contribution in [0.4, 0.5) is 0 Å². The molecule has 0 fully saturated rings. The average molecular weight is 425 g/mol. The van der Waals surface area contributed by atoms with Crippen LogP contribution in [-0.4, -0.2) is 29.5 Å². The highest BCUT2D eigenvalue weighted by Gasteiger charge is 2.07. The van der Waals surface area contributed by atoms with Gasteiger partial charge in [0.15, 0.2) is 0 Å². The molecule has 0 unspecified atom stereocenters. The summed E-state index contributed by atoms with van der Waals surface area (Å²) in [6.45, 7) is 0.591. The number of methoxy groups -OCH3 is 1. The molecular formula is C26H23N3O3. The van der Waals surface area contributed by atoms with E-state index >= 15 is 0 Å². The molecule has 0 saturated heterocycles. The Bertz CT molecular complexity index is 1140. The Kier molecular flexibility index (Phi) is 6.72. The Morgan fingerprint density at radius 1 is 0.812 bits per heavy atom. The quantitative estimate of drug-likeness (QED) is 0.434. The molecule has 4 rings (SSSR count). The lowest BCUT2D eigenvalue weighted by Crippen LogP contribution is -2.25. The van der Waals surface area contributed by atoms with E-state index in [-0.39, 0.29) is 11.9 Å². The molecule has 0 atom stereocenters. The van der Waals surface area contributed by atoms with Gasteiger partial charge in [-0.1, -0.05) is 42.5 Å². The molecular weight excluding hydrogens is 402 g/mol. The minimum atomic E-state index is -0.0908. The van der Waals surface area contributed by atoms with Crippen LogP contribution in [0.1, 0.15) is 15.9 Å². The fraction of sp³-hybridized carbons (Fsp3) is 0.115. The van der Waals surface area contributed by atoms with Crippen LogP contribution < -0.4 is 14.8 Å². The minimum absolute atomic E-state index is 0.0908. The van der Waals surface area contributed by atoms with E-state index in [4.69, 9.17) is 9.47 Å². The molecule has 3 aromatic carbocycles. The van der Waals surface area contributed by atoms with Gasteiger partial charge >= 0.3 is 6.01 Å². The van der Waals surface area contributed by atoms with E-state index in [0.29, 0.717) is 17.9 Å². The summed E-state index contributed by atoms with van der Waals surface area (Å²) < 4.78 is 10.8. The van der Waals surface area contributed by atoms with E-state index in [2.05, 4.69) is 27.4 Å². The van der Waals surface area contributed by atoms with Crippen LogP contribution in [0, 0.1) is 0 Å². The van der Waals surface area contributed by atoms with Gasteiger partial charge < -0.3 is 14.8 Å². The second-order valence-corrected chi connectivity index (χ2v) is 7.10. The van der Waals surface area contributed by atoms with Crippen LogP contribution in [0.2, 0.25) is 0 Å². The first kappa shape index (κ1) is 21.1. The van der Waals surface area contributed by atoms with Crippen molar-refractivity contribution in [2.24, 2.45) is 0 Å². The highest BCUT2D eigenvalue weighted by molar-refractivity contribution is 5.94. The predicted octanol–water partition coefficient (Wildman–Crippen LogP) is 4.92. The number of nitrogens with zero attached hydrogens (tertiary/aromatic N) is 2. The monoisotopic (exact) mass is 425 g/mol. The Balaban J connectivity index is 1.33. The Morgan fingerprint density at radius 2 is 1.47 bits per heavy atom. The summed E-state index contributed by atoms with van der Waals surface area (Å²) in [5.74, 6) is 1.29. The average Bonchev–Trinajstić information content (AvgIpc) is 2.86. The molecule has 1 aromatic heterocycles. The van der Waals surface area contributed by atoms with Crippen molar-refractivity contribution in [3.63, 3.8) is 0 Å². The number of aromatic nitrogens is 2. The summed E-state index contributed by atoms with van der Waals surface area (Å²) in [5.41, 5.74) is 3.56. The fourth-order valence-electron chi connectivity index (χ4n) is 3.15. The number of benzene rings is 3. The maximum absolute atomic E-state index is 12.4. The van der Waals surface area contributed by atoms with Crippen molar-refractivity contribution in [2.75, 3.05) is 13.7 Å². The second-order valence-electron chi connectivity index (χ2n) is 7.10. The number of carbonyl (C=O) groups is 1. The third kappa shape index (κ3) is 5.49. The molecule has 0 spiro atoms. The Hall–Kier alpha value is -4.19. The minimum Gasteiger partial charge on any atom is -0.497 e. The van der Waals surface area contributed by atoms with Crippen molar-refractivity contribution in [3.8, 4) is 28.6 Å². The van der Waals surface area contributed by atoms with Crippen molar-refractivity contribution in [3.05, 3.63) is 102 Å². The SMILES string of the molecule is COc1ccc(Oc2ncc(-c3ccc(C(=O)NCCc4ccccc4)cc3)cn2)cc1. The van der Waals surface area contributed by atoms with Gasteiger partial charge in [0.25, 0.3) is 5.91 Å². The lowest BCUT2D eigenvalue weighted by Gasteiger charge is -2.07. The van der Waals surface area contributed by atoms with Gasteiger partial charge in [0, 0.05) is 30.1 Å². The lowest BCUT2D eigenvalue weighted by molar-refractivity contribution is 0.0954. The van der Waals surface area contributed by atoms with E-state index in [1.54, 1.807) is 43.8 Å². The molecule has 1 N–H and O–H groups in total. The Morgan fingerprint density at radius 3 is 2.12 bits per heavy atom. The van der Waals surface area contributed by atoms with Crippen LogP contribution in [0.15, 0.2) is 91.3 Å². The third-order valence-corrected chi connectivity index (χ3v) is 4.92. The van der Waals surface area contributed by atoms with Crippen molar-refractivity contribution in [2.45, 2.75) is 6.42 Å². The highest BCUT2D eigenvalue weighted by Crippen LogP contribution is 2.23. The number of amides is 1. The van der Waals surface area contributed by atoms with Crippen molar-refractivity contribution < 1.29 is 14.3 Å². The van der Waals surface area contributed by atoms with Crippen molar-refractivity contribution in [1.29, 1.82) is 0 Å². The van der Waals surface area contributed by atoms with E-state index in [1.807, 2.05) is 42.5 Å². The molecule has 4 aromatic rings. The van der Waals surface area contributed by atoms with Crippen LogP contribution >= 0.6 is 0 Å². The van der Waals surface area contributed by atoms with Gasteiger partial charge in [-0.3, -0.25) is 4.79 Å². The number of ether oxygens (including phenoxy) is 2. The zero-order chi connectivity index (χ0) is 22.2. The first-order valence-electron chi connectivity index (χ1n) is 10.3. The molecule has 160 valence electrons. The van der Waals surface area contributed by atoms with Gasteiger partial charge in [-0.25, -0.2) is 9.97 Å². The molecule has 1 amide bonds. The number of carbonyl (C=O) groups excluding carboxylic acids is 1. The number of hydrogen-bond donors (Lipinski definition) is 1. The topological polar surface area (TPSA) is 73.3 Å². The molecule has 0 radical (unpaired) electrons. The number of nitrogens with one attached hydrogen (secondary N) is 1. The third-order valence-electron chi connectivity index (χ3n) is 4.92. The molecule has 1 heterocycles. The highest BCUT2D eigenvalue weighted by atomic mass is 16.5. The number of hydrogen-bond acceptors (Lipinski definition) is 5. The largest absolute Gasteiger partial charge is 0.497 e. The first-order chi connectivity index (χ1) is 15.7. The van der Waals surface area contributed by atoms with E-state index in [9.17, 15) is 4.79 Å². The van der Waals surface area contributed by atoms with Crippen molar-refractivity contribution >= 4 is 5.91 Å². The zero-order valence-electron chi connectivity index (χ0n) is 17.7. The summed E-state index contributed by atoms with van der Waals surface area (Å²) in [6.07, 6.45) is 4.19. The molecule has 6 heteroatoms. The van der Waals surface area contributed by atoms with Gasteiger partial charge in [0.1, 0.15) is 11.5 Å². The van der Waals surface area contributed by atoms with Crippen LogP contribution in [0.5, 0.6) is 17.5 Å². The van der Waals surface area contributed by atoms with E-state index in [0.717, 1.165) is 23.3 Å². The zero-order valence-corrected chi connectivity index (χ0v) is 17.7. The van der Waals surface area contributed by atoms with Gasteiger partial charge in [-0.05, 0) is 53.9 Å². The van der Waals surface area contributed by atoms with Crippen LogP contribution in [-0.2, 0) is 6.42 Å². The molecule has 32 heavy (non-hydrogen) atoms. The van der Waals surface area contributed by atoms with Crippen LogP contribution in [0.25, 0.3) is 11.1 Å². The molecule has 0 bridgehead atoms. The first-order valence-corrected chi connectivity index (χ1v) is 10.3. The lowest BCUT2D eigenvalue weighted by atomic mass is 10.1. The van der Waals surface area contributed by atoms with Gasteiger partial charge in [0.05, 0.1) is 7.11 Å². The summed E-state index contributed by atoms with van der Waals surface area (Å²) in [4.78, 5) is 20.9. The molecule has 0 saturated carbocycles. The normalized spacial score (nSPS) is 10.4. The van der Waals surface area contributed by atoms with Gasteiger partial charge in [0.2, 0.25) is 0 Å². The predicted molar refractivity (Wildman–Crippen MR) is 123 cm³/mol. The fourth-order valence-corrected chi connectivity index (χ4v) is 3.15. The molecule has 6 nitrogen and oxygen atoms in total. The summed E-state index contributed by atoms with van der Waals surface area (Å²) in [7, 11) is 1.61. The van der Waals surface area contributed by atoms with Gasteiger partial charge in [-0.2, -0.15) is 0 Å². The Labute approximate surface area is 186 Å². The smallest absolute Gasteiger partial charge is 0.321 e. The summed E-state index contributed by atoms with van der Waals surface area (Å²) >= 11 is 0. The number of rotatable bonds is 8. The maximum Gasteiger partial charge on any atom is 0.321 e. The van der Waals surface area contributed by atoms with Crippen LogP contribution in [0.3, 0.4) is 0 Å². The molecule has 0 aliphatic carbocycles. The molecule has 0 aliphatic heterocycles. The molecule has 0 aliphatic rings. The van der Waals surface area contributed by atoms with E-state index < -0.39 is 0 Å². The standard InChI is InChI=1S/C26H23N3O3/c1-31-23-11-13-24(14-12-23)32-26-28-17-22(18-29-26)20-7-9-21(10-8-20)25(30)27-16-15-19-5-3-2-4-6-19/h2-14,17-18H,15-16H2,1H3,(H,27,30). The maximum atomic E-state index is 12.4.